The Morgan fingerprint density at radius 3 is 3.00 bits per heavy atom. The van der Waals surface area contributed by atoms with E-state index < -0.39 is 0 Å². The van der Waals surface area contributed by atoms with Gasteiger partial charge in [0.05, 0.1) is 29.9 Å². The Kier molecular flexibility index (Phi) is 7.46. The molecule has 0 saturated carbocycles. The van der Waals surface area contributed by atoms with E-state index >= 15 is 0 Å². The Morgan fingerprint density at radius 1 is 1.34 bits per heavy atom. The van der Waals surface area contributed by atoms with Crippen molar-refractivity contribution in [2.75, 3.05) is 38.2 Å². The van der Waals surface area contributed by atoms with Gasteiger partial charge in [0.1, 0.15) is 5.78 Å². The Balaban J connectivity index is 1.43. The van der Waals surface area contributed by atoms with E-state index in [2.05, 4.69) is 21.7 Å². The molecular weight excluding hydrogens is 426 g/mol. The van der Waals surface area contributed by atoms with E-state index in [1.54, 1.807) is 6.20 Å². The van der Waals surface area contributed by atoms with Crippen LogP contribution in [0.1, 0.15) is 32.4 Å². The molecule has 0 radical (unpaired) electrons. The van der Waals surface area contributed by atoms with Crippen molar-refractivity contribution < 1.29 is 14.3 Å². The van der Waals surface area contributed by atoms with Crippen LogP contribution in [0.2, 0.25) is 5.02 Å². The topological polar surface area (TPSA) is 72.5 Å². The van der Waals surface area contributed by atoms with Crippen LogP contribution in [0.25, 0.3) is 11.1 Å². The van der Waals surface area contributed by atoms with Crippen molar-refractivity contribution in [3.05, 3.63) is 47.2 Å². The maximum absolute atomic E-state index is 12.7. The fourth-order valence-electron chi connectivity index (χ4n) is 4.33. The first-order chi connectivity index (χ1) is 15.4. The minimum Gasteiger partial charge on any atom is -0.382 e. The number of hydrogen-bond donors (Lipinski definition) is 2. The summed E-state index contributed by atoms with van der Waals surface area (Å²) in [6.07, 6.45) is 3.98. The first-order valence-electron chi connectivity index (χ1n) is 11.4. The molecular formula is C25H32ClN3O3. The molecule has 1 aromatic heterocycles. The van der Waals surface area contributed by atoms with Gasteiger partial charge in [-0.05, 0) is 57.0 Å². The zero-order valence-electron chi connectivity index (χ0n) is 18.8. The molecule has 0 spiro atoms. The number of rotatable bonds is 7. The lowest BCUT2D eigenvalue weighted by molar-refractivity contribution is -0.177. The standard InChI is InChI=1S/C25H32ClN3O3/c1-25(2)16-31-15-21(32-25)13-28-19-7-3-5-17(9-19)22-10-20(29-14-23(22)26)11-24(30)18-6-4-8-27-12-18/h3,5,7,9-10,14,18,21,27-28H,4,6,8,11-13,15-16H2,1-2H3/t18-,21+/m1/s1. The first kappa shape index (κ1) is 23.2. The number of ether oxygens (including phenoxy) is 2. The summed E-state index contributed by atoms with van der Waals surface area (Å²) in [6.45, 7) is 7.69. The van der Waals surface area contributed by atoms with Gasteiger partial charge in [-0.15, -0.1) is 0 Å². The van der Waals surface area contributed by atoms with Gasteiger partial charge in [-0.25, -0.2) is 0 Å². The number of carbonyl (C=O) groups excluding carboxylic acids is 1. The Hall–Kier alpha value is -1.99. The highest BCUT2D eigenvalue weighted by Crippen LogP contribution is 2.30. The lowest BCUT2D eigenvalue weighted by Gasteiger charge is -2.36. The van der Waals surface area contributed by atoms with Crippen molar-refractivity contribution in [2.45, 2.75) is 44.8 Å². The van der Waals surface area contributed by atoms with E-state index in [-0.39, 0.29) is 23.4 Å². The zero-order chi connectivity index (χ0) is 22.6. The number of aromatic nitrogens is 1. The van der Waals surface area contributed by atoms with Crippen LogP contribution >= 0.6 is 11.6 Å². The number of nitrogens with zero attached hydrogens (tertiary/aromatic N) is 1. The minimum atomic E-state index is -0.265. The third-order valence-corrected chi connectivity index (χ3v) is 6.27. The second kappa shape index (κ2) is 10.3. The van der Waals surface area contributed by atoms with Crippen LogP contribution in [-0.4, -0.2) is 55.3 Å². The zero-order valence-corrected chi connectivity index (χ0v) is 19.6. The van der Waals surface area contributed by atoms with Crippen LogP contribution in [0.4, 0.5) is 5.69 Å². The number of piperidine rings is 1. The SMILES string of the molecule is CC1(C)COC[C@H](CNc2cccc(-c3cc(CC(=O)[C@@H]4CCCNC4)ncc3Cl)c2)O1. The maximum atomic E-state index is 12.7. The molecule has 7 heteroatoms. The minimum absolute atomic E-state index is 0.00110. The number of ketones is 1. The molecule has 32 heavy (non-hydrogen) atoms. The second-order valence-electron chi connectivity index (χ2n) is 9.32. The summed E-state index contributed by atoms with van der Waals surface area (Å²) in [6, 6.07) is 10.0. The molecule has 1 aromatic carbocycles. The molecule has 2 aromatic rings. The fourth-order valence-corrected chi connectivity index (χ4v) is 4.55. The summed E-state index contributed by atoms with van der Waals surface area (Å²) >= 11 is 6.48. The molecule has 2 aliphatic rings. The van der Waals surface area contributed by atoms with Crippen LogP contribution < -0.4 is 10.6 Å². The van der Waals surface area contributed by atoms with E-state index in [0.29, 0.717) is 31.2 Å². The van der Waals surface area contributed by atoms with E-state index in [4.69, 9.17) is 21.1 Å². The number of halogens is 1. The van der Waals surface area contributed by atoms with Gasteiger partial charge in [0, 0.05) is 48.6 Å². The molecule has 0 unspecified atom stereocenters. The number of carbonyl (C=O) groups is 1. The highest BCUT2D eigenvalue weighted by molar-refractivity contribution is 6.33. The summed E-state index contributed by atoms with van der Waals surface area (Å²) in [4.78, 5) is 17.1. The van der Waals surface area contributed by atoms with Gasteiger partial charge in [0.15, 0.2) is 0 Å². The van der Waals surface area contributed by atoms with Crippen molar-refractivity contribution in [2.24, 2.45) is 5.92 Å². The summed E-state index contributed by atoms with van der Waals surface area (Å²) in [5.74, 6) is 0.319. The van der Waals surface area contributed by atoms with E-state index in [0.717, 1.165) is 48.4 Å². The Morgan fingerprint density at radius 2 is 2.22 bits per heavy atom. The lowest BCUT2D eigenvalue weighted by atomic mass is 9.92. The van der Waals surface area contributed by atoms with Crippen LogP contribution in [0.3, 0.4) is 0 Å². The van der Waals surface area contributed by atoms with Gasteiger partial charge < -0.3 is 20.1 Å². The van der Waals surface area contributed by atoms with Crippen molar-refractivity contribution in [1.82, 2.24) is 10.3 Å². The third kappa shape index (κ3) is 6.07. The average Bonchev–Trinajstić information content (AvgIpc) is 2.79. The molecule has 0 bridgehead atoms. The van der Waals surface area contributed by atoms with Gasteiger partial charge in [0.2, 0.25) is 0 Å². The van der Waals surface area contributed by atoms with Gasteiger partial charge >= 0.3 is 0 Å². The average molecular weight is 458 g/mol. The predicted octanol–water partition coefficient (Wildman–Crippen LogP) is 4.12. The number of anilines is 1. The molecule has 3 heterocycles. The molecule has 2 atom stereocenters. The summed E-state index contributed by atoms with van der Waals surface area (Å²) in [7, 11) is 0. The molecule has 0 aliphatic carbocycles. The maximum Gasteiger partial charge on any atom is 0.143 e. The van der Waals surface area contributed by atoms with Crippen LogP contribution in [-0.2, 0) is 20.7 Å². The Labute approximate surface area is 195 Å². The fraction of sp³-hybridized carbons (Fsp3) is 0.520. The van der Waals surface area contributed by atoms with Crippen molar-refractivity contribution in [1.29, 1.82) is 0 Å². The number of hydrogen-bond acceptors (Lipinski definition) is 6. The predicted molar refractivity (Wildman–Crippen MR) is 127 cm³/mol. The van der Waals surface area contributed by atoms with Gasteiger partial charge in [-0.2, -0.15) is 0 Å². The number of nitrogens with one attached hydrogen (secondary N) is 2. The van der Waals surface area contributed by atoms with Crippen LogP contribution in [0.15, 0.2) is 36.5 Å². The highest BCUT2D eigenvalue weighted by Gasteiger charge is 2.29. The number of pyridine rings is 1. The van der Waals surface area contributed by atoms with E-state index in [1.807, 2.05) is 38.1 Å². The molecule has 172 valence electrons. The van der Waals surface area contributed by atoms with Gasteiger partial charge in [-0.3, -0.25) is 9.78 Å². The Bertz CT molecular complexity index is 944. The molecule has 2 saturated heterocycles. The van der Waals surface area contributed by atoms with E-state index in [9.17, 15) is 4.79 Å². The number of benzene rings is 1. The molecule has 2 aliphatic heterocycles. The van der Waals surface area contributed by atoms with Gasteiger partial charge in [0.25, 0.3) is 0 Å². The second-order valence-corrected chi connectivity index (χ2v) is 9.73. The smallest absolute Gasteiger partial charge is 0.143 e. The third-order valence-electron chi connectivity index (χ3n) is 5.97. The lowest BCUT2D eigenvalue weighted by Crippen LogP contribution is -2.45. The van der Waals surface area contributed by atoms with Gasteiger partial charge in [-0.1, -0.05) is 23.7 Å². The summed E-state index contributed by atoms with van der Waals surface area (Å²) in [5, 5.41) is 7.33. The monoisotopic (exact) mass is 457 g/mol. The largest absolute Gasteiger partial charge is 0.382 e. The number of Topliss-reactive ketones (excluding diaryl/α,β-unsaturated/α-hetero) is 1. The summed E-state index contributed by atoms with van der Waals surface area (Å²) < 4.78 is 11.7. The van der Waals surface area contributed by atoms with Crippen LogP contribution in [0, 0.1) is 5.92 Å². The first-order valence-corrected chi connectivity index (χ1v) is 11.8. The molecule has 0 amide bonds. The quantitative estimate of drug-likeness (QED) is 0.651. The normalized spacial score (nSPS) is 23.0. The van der Waals surface area contributed by atoms with Crippen molar-refractivity contribution in [3.8, 4) is 11.1 Å². The molecule has 6 nitrogen and oxygen atoms in total. The van der Waals surface area contributed by atoms with Crippen molar-refractivity contribution >= 4 is 23.1 Å². The van der Waals surface area contributed by atoms with E-state index in [1.165, 1.54) is 0 Å². The molecule has 4 rings (SSSR count). The highest BCUT2D eigenvalue weighted by atomic mass is 35.5. The molecule has 2 N–H and O–H groups in total. The van der Waals surface area contributed by atoms with Crippen molar-refractivity contribution in [3.63, 3.8) is 0 Å². The summed E-state index contributed by atoms with van der Waals surface area (Å²) in [5.41, 5.74) is 3.34. The molecule has 2 fully saturated rings. The van der Waals surface area contributed by atoms with Crippen LogP contribution in [0.5, 0.6) is 0 Å².